The zero-order valence-electron chi connectivity index (χ0n) is 12.6. The Morgan fingerprint density at radius 1 is 1.38 bits per heavy atom. The van der Waals surface area contributed by atoms with Gasteiger partial charge in [0.2, 0.25) is 5.09 Å². The van der Waals surface area contributed by atoms with E-state index < -0.39 is 10.0 Å². The van der Waals surface area contributed by atoms with E-state index in [1.165, 1.54) is 6.07 Å². The highest BCUT2D eigenvalue weighted by molar-refractivity contribution is 7.89. The molecule has 120 valence electrons. The average Bonchev–Trinajstić information content (AvgIpc) is 3.05. The molecule has 2 unspecified atom stereocenters. The maximum absolute atomic E-state index is 12.3. The number of methoxy groups -OCH3 is 1. The van der Waals surface area contributed by atoms with Crippen LogP contribution in [0.3, 0.4) is 0 Å². The molecule has 6 nitrogen and oxygen atoms in total. The molecule has 1 saturated carbocycles. The van der Waals surface area contributed by atoms with E-state index in [9.17, 15) is 8.42 Å². The number of rotatable bonds is 8. The predicted octanol–water partition coefficient (Wildman–Crippen LogP) is 1.48. The van der Waals surface area contributed by atoms with Gasteiger partial charge in [-0.25, -0.2) is 13.1 Å². The molecule has 2 N–H and O–H groups in total. The van der Waals surface area contributed by atoms with E-state index in [0.717, 1.165) is 19.3 Å². The van der Waals surface area contributed by atoms with Gasteiger partial charge >= 0.3 is 0 Å². The van der Waals surface area contributed by atoms with Gasteiger partial charge in [0.1, 0.15) is 5.76 Å². The van der Waals surface area contributed by atoms with Crippen LogP contribution in [-0.2, 0) is 21.3 Å². The van der Waals surface area contributed by atoms with Crippen LogP contribution in [0.5, 0.6) is 0 Å². The summed E-state index contributed by atoms with van der Waals surface area (Å²) in [7, 11) is -1.93. The first-order valence-electron chi connectivity index (χ1n) is 7.33. The van der Waals surface area contributed by atoms with Gasteiger partial charge in [-0.15, -0.1) is 0 Å². The maximum Gasteiger partial charge on any atom is 0.274 e. The van der Waals surface area contributed by atoms with E-state index in [1.807, 2.05) is 0 Å². The van der Waals surface area contributed by atoms with Crippen LogP contribution >= 0.6 is 0 Å². The highest BCUT2D eigenvalue weighted by Crippen LogP contribution is 2.26. The second-order valence-corrected chi connectivity index (χ2v) is 7.17. The zero-order valence-corrected chi connectivity index (χ0v) is 13.4. The predicted molar refractivity (Wildman–Crippen MR) is 79.4 cm³/mol. The molecule has 21 heavy (non-hydrogen) atoms. The van der Waals surface area contributed by atoms with Gasteiger partial charge < -0.3 is 14.5 Å². The molecule has 0 radical (unpaired) electrons. The SMILES string of the molecule is COCCNCc1ccc(S(=O)(=O)NC2CCCC2C)o1. The Labute approximate surface area is 126 Å². The lowest BCUT2D eigenvalue weighted by atomic mass is 10.1. The van der Waals surface area contributed by atoms with Gasteiger partial charge in [-0.05, 0) is 30.9 Å². The van der Waals surface area contributed by atoms with Crippen LogP contribution in [0.2, 0.25) is 0 Å². The third-order valence-corrected chi connectivity index (χ3v) is 5.21. The fourth-order valence-electron chi connectivity index (χ4n) is 2.56. The highest BCUT2D eigenvalue weighted by Gasteiger charge is 2.29. The van der Waals surface area contributed by atoms with E-state index in [4.69, 9.17) is 9.15 Å². The third-order valence-electron chi connectivity index (χ3n) is 3.85. The van der Waals surface area contributed by atoms with Crippen molar-refractivity contribution in [2.24, 2.45) is 5.92 Å². The van der Waals surface area contributed by atoms with Crippen molar-refractivity contribution >= 4 is 10.0 Å². The second kappa shape index (κ2) is 7.40. The molecule has 0 aromatic carbocycles. The van der Waals surface area contributed by atoms with Crippen molar-refractivity contribution in [3.63, 3.8) is 0 Å². The first kappa shape index (κ1) is 16.5. The first-order chi connectivity index (χ1) is 10.0. The average molecular weight is 316 g/mol. The number of sulfonamides is 1. The summed E-state index contributed by atoms with van der Waals surface area (Å²) < 4.78 is 37.7. The van der Waals surface area contributed by atoms with E-state index >= 15 is 0 Å². The fourth-order valence-corrected chi connectivity index (χ4v) is 3.89. The number of nitrogens with one attached hydrogen (secondary N) is 2. The van der Waals surface area contributed by atoms with Crippen LogP contribution in [0.15, 0.2) is 21.6 Å². The number of furan rings is 1. The molecular weight excluding hydrogens is 292 g/mol. The van der Waals surface area contributed by atoms with Gasteiger partial charge in [-0.1, -0.05) is 13.3 Å². The molecule has 0 bridgehead atoms. The van der Waals surface area contributed by atoms with Gasteiger partial charge in [0.05, 0.1) is 13.2 Å². The summed E-state index contributed by atoms with van der Waals surface area (Å²) in [5, 5.41) is 3.10. The largest absolute Gasteiger partial charge is 0.447 e. The summed E-state index contributed by atoms with van der Waals surface area (Å²) in [6.45, 7) is 3.86. The zero-order chi connectivity index (χ0) is 15.3. The Morgan fingerprint density at radius 2 is 2.19 bits per heavy atom. The molecular formula is C14H24N2O4S. The number of ether oxygens (including phenoxy) is 1. The molecule has 1 fully saturated rings. The van der Waals surface area contributed by atoms with Crippen molar-refractivity contribution in [3.8, 4) is 0 Å². The summed E-state index contributed by atoms with van der Waals surface area (Å²) in [5.74, 6) is 0.982. The van der Waals surface area contributed by atoms with Gasteiger partial charge in [-0.3, -0.25) is 0 Å². The van der Waals surface area contributed by atoms with Crippen molar-refractivity contribution in [1.82, 2.24) is 10.0 Å². The summed E-state index contributed by atoms with van der Waals surface area (Å²) in [6, 6.07) is 3.21. The number of hydrogen-bond acceptors (Lipinski definition) is 5. The third kappa shape index (κ3) is 4.54. The summed E-state index contributed by atoms with van der Waals surface area (Å²) in [5.41, 5.74) is 0. The molecule has 0 amide bonds. The van der Waals surface area contributed by atoms with Crippen LogP contribution < -0.4 is 10.0 Å². The molecule has 0 aliphatic heterocycles. The molecule has 2 atom stereocenters. The fraction of sp³-hybridized carbons (Fsp3) is 0.714. The van der Waals surface area contributed by atoms with Gasteiger partial charge in [0.15, 0.2) is 0 Å². The Morgan fingerprint density at radius 3 is 2.86 bits per heavy atom. The quantitative estimate of drug-likeness (QED) is 0.710. The number of hydrogen-bond donors (Lipinski definition) is 2. The Kier molecular flexibility index (Phi) is 5.80. The van der Waals surface area contributed by atoms with Crippen molar-refractivity contribution in [3.05, 3.63) is 17.9 Å². The molecule has 0 saturated heterocycles. The molecule has 1 aromatic rings. The van der Waals surface area contributed by atoms with E-state index in [-0.39, 0.29) is 11.1 Å². The van der Waals surface area contributed by atoms with E-state index in [1.54, 1.807) is 13.2 Å². The summed E-state index contributed by atoms with van der Waals surface area (Å²) in [6.07, 6.45) is 3.04. The van der Waals surface area contributed by atoms with Gasteiger partial charge in [0, 0.05) is 19.7 Å². The molecule has 1 aliphatic rings. The van der Waals surface area contributed by atoms with Crippen molar-refractivity contribution in [2.75, 3.05) is 20.3 Å². The Balaban J connectivity index is 1.92. The molecule has 2 rings (SSSR count). The second-order valence-electron chi connectivity index (χ2n) is 5.53. The van der Waals surface area contributed by atoms with Crippen molar-refractivity contribution in [1.29, 1.82) is 0 Å². The lowest BCUT2D eigenvalue weighted by molar-refractivity contribution is 0.198. The monoisotopic (exact) mass is 316 g/mol. The van der Waals surface area contributed by atoms with Gasteiger partial charge in [-0.2, -0.15) is 0 Å². The minimum Gasteiger partial charge on any atom is -0.447 e. The van der Waals surface area contributed by atoms with Crippen LogP contribution in [0, 0.1) is 5.92 Å². The molecule has 1 aliphatic carbocycles. The minimum absolute atomic E-state index is 0.00913. The topological polar surface area (TPSA) is 80.6 Å². The first-order valence-corrected chi connectivity index (χ1v) is 8.82. The summed E-state index contributed by atoms with van der Waals surface area (Å²) in [4.78, 5) is 0. The molecule has 0 spiro atoms. The van der Waals surface area contributed by atoms with E-state index in [2.05, 4.69) is 17.0 Å². The van der Waals surface area contributed by atoms with E-state index in [0.29, 0.717) is 31.4 Å². The maximum atomic E-state index is 12.3. The van der Waals surface area contributed by atoms with Crippen molar-refractivity contribution < 1.29 is 17.6 Å². The van der Waals surface area contributed by atoms with Crippen LogP contribution in [0.4, 0.5) is 0 Å². The van der Waals surface area contributed by atoms with Crippen LogP contribution in [-0.4, -0.2) is 34.7 Å². The Bertz CT molecular complexity index is 541. The minimum atomic E-state index is -3.56. The lowest BCUT2D eigenvalue weighted by Gasteiger charge is -2.16. The van der Waals surface area contributed by atoms with Gasteiger partial charge in [0.25, 0.3) is 10.0 Å². The Hall–Kier alpha value is -0.890. The lowest BCUT2D eigenvalue weighted by Crippen LogP contribution is -2.36. The molecule has 1 heterocycles. The van der Waals surface area contributed by atoms with Crippen LogP contribution in [0.1, 0.15) is 31.9 Å². The molecule has 1 aromatic heterocycles. The standard InChI is InChI=1S/C14H24N2O4S/c1-11-4-3-5-13(11)16-21(17,18)14-7-6-12(20-14)10-15-8-9-19-2/h6-7,11,13,15-16H,3-5,8-10H2,1-2H3. The normalized spacial score (nSPS) is 22.8. The van der Waals surface area contributed by atoms with Crippen LogP contribution in [0.25, 0.3) is 0 Å². The highest BCUT2D eigenvalue weighted by atomic mass is 32.2. The smallest absolute Gasteiger partial charge is 0.274 e. The summed E-state index contributed by atoms with van der Waals surface area (Å²) >= 11 is 0. The van der Waals surface area contributed by atoms with Crippen molar-refractivity contribution in [2.45, 2.75) is 43.9 Å². The molecule has 7 heteroatoms.